The molecule has 0 heterocycles. The molecule has 6 rings (SSSR count). The SMILES string of the molecule is Cc1cccc(P(c2cccc(C)c2)c2cccc(C)c2)c1.Cc1cccc(P(c2cccc(C)c2)c2cccc(C)c2)c1.[Cl-].[Cl-].[Ni+2]. The maximum atomic E-state index is 2.33. The Morgan fingerprint density at radius 3 is 0.553 bits per heavy atom. The zero-order valence-electron chi connectivity index (χ0n) is 27.8. The molecule has 0 saturated heterocycles. The van der Waals surface area contributed by atoms with Gasteiger partial charge in [-0.25, -0.2) is 0 Å². The summed E-state index contributed by atoms with van der Waals surface area (Å²) in [4.78, 5) is 0. The molecule has 5 heteroatoms. The fraction of sp³-hybridized carbons (Fsp3) is 0.143. The Bertz CT molecular complexity index is 1520. The molecule has 0 aliphatic heterocycles. The van der Waals surface area contributed by atoms with Crippen LogP contribution in [0.15, 0.2) is 146 Å². The van der Waals surface area contributed by atoms with Crippen LogP contribution in [-0.2, 0) is 16.5 Å². The molecule has 0 saturated carbocycles. The Morgan fingerprint density at radius 2 is 0.426 bits per heavy atom. The normalized spacial score (nSPS) is 10.2. The van der Waals surface area contributed by atoms with Gasteiger partial charge >= 0.3 is 16.5 Å². The second kappa shape index (κ2) is 19.3. The quantitative estimate of drug-likeness (QED) is 0.183. The van der Waals surface area contributed by atoms with E-state index in [9.17, 15) is 0 Å². The van der Waals surface area contributed by atoms with E-state index in [4.69, 9.17) is 0 Å². The zero-order chi connectivity index (χ0) is 31.1. The molecule has 0 amide bonds. The van der Waals surface area contributed by atoms with Crippen molar-refractivity contribution in [2.24, 2.45) is 0 Å². The van der Waals surface area contributed by atoms with E-state index in [1.165, 1.54) is 65.2 Å². The first kappa shape index (κ1) is 40.4. The van der Waals surface area contributed by atoms with E-state index in [0.717, 1.165) is 0 Å². The Labute approximate surface area is 307 Å². The van der Waals surface area contributed by atoms with Gasteiger partial charge < -0.3 is 24.8 Å². The molecule has 0 radical (unpaired) electrons. The van der Waals surface area contributed by atoms with Crippen molar-refractivity contribution in [3.05, 3.63) is 179 Å². The van der Waals surface area contributed by atoms with Crippen LogP contribution in [0.25, 0.3) is 0 Å². The molecule has 47 heavy (non-hydrogen) atoms. The number of halogens is 2. The van der Waals surface area contributed by atoms with E-state index < -0.39 is 15.8 Å². The number of benzene rings is 6. The van der Waals surface area contributed by atoms with Gasteiger partial charge in [0.25, 0.3) is 0 Å². The van der Waals surface area contributed by atoms with E-state index in [1.54, 1.807) is 0 Å². The van der Waals surface area contributed by atoms with E-state index >= 15 is 0 Å². The van der Waals surface area contributed by atoms with Gasteiger partial charge in [0.05, 0.1) is 0 Å². The molecule has 0 N–H and O–H groups in total. The first-order valence-corrected chi connectivity index (χ1v) is 18.0. The summed E-state index contributed by atoms with van der Waals surface area (Å²) < 4.78 is 0. The van der Waals surface area contributed by atoms with Crippen LogP contribution in [0.1, 0.15) is 33.4 Å². The average Bonchev–Trinajstić information content (AvgIpc) is 2.98. The summed E-state index contributed by atoms with van der Waals surface area (Å²) in [6.45, 7) is 13.0. The minimum absolute atomic E-state index is 0. The molecule has 0 fully saturated rings. The third-order valence-electron chi connectivity index (χ3n) is 7.56. The first-order valence-electron chi connectivity index (χ1n) is 15.3. The number of aryl methyl sites for hydroxylation is 6. The third kappa shape index (κ3) is 11.1. The van der Waals surface area contributed by atoms with Crippen LogP contribution in [0.3, 0.4) is 0 Å². The molecule has 0 aromatic heterocycles. The fourth-order valence-electron chi connectivity index (χ4n) is 5.50. The molecule has 0 unspecified atom stereocenters. The second-order valence-electron chi connectivity index (χ2n) is 11.7. The number of hydrogen-bond acceptors (Lipinski definition) is 0. The molecule has 0 nitrogen and oxygen atoms in total. The van der Waals surface area contributed by atoms with Crippen molar-refractivity contribution in [1.29, 1.82) is 0 Å². The molecular weight excluding hydrogens is 696 g/mol. The van der Waals surface area contributed by atoms with Gasteiger partial charge in [-0.3, -0.25) is 0 Å². The summed E-state index contributed by atoms with van der Waals surface area (Å²) in [5, 5.41) is 8.53. The monoisotopic (exact) mass is 736 g/mol. The van der Waals surface area contributed by atoms with Gasteiger partial charge in [-0.05, 0) is 89.2 Å². The van der Waals surface area contributed by atoms with Gasteiger partial charge in [-0.1, -0.05) is 179 Å². The van der Waals surface area contributed by atoms with Crippen molar-refractivity contribution in [1.82, 2.24) is 0 Å². The third-order valence-corrected chi connectivity index (χ3v) is 12.3. The molecule has 0 aliphatic rings. The summed E-state index contributed by atoms with van der Waals surface area (Å²) in [7, 11) is -0.989. The summed E-state index contributed by atoms with van der Waals surface area (Å²) in [5.41, 5.74) is 7.95. The van der Waals surface area contributed by atoms with Gasteiger partial charge in [0.1, 0.15) is 0 Å². The van der Waals surface area contributed by atoms with Crippen molar-refractivity contribution < 1.29 is 41.3 Å². The fourth-order valence-corrected chi connectivity index (χ4v) is 10.7. The van der Waals surface area contributed by atoms with E-state index in [-0.39, 0.29) is 41.3 Å². The summed E-state index contributed by atoms with van der Waals surface area (Å²) >= 11 is 0. The molecule has 6 aromatic rings. The van der Waals surface area contributed by atoms with Gasteiger partial charge in [0.15, 0.2) is 0 Å². The number of hydrogen-bond donors (Lipinski definition) is 0. The molecule has 0 bridgehead atoms. The maximum Gasteiger partial charge on any atom is 2.00 e. The van der Waals surface area contributed by atoms with Crippen LogP contribution in [0.2, 0.25) is 0 Å². The Morgan fingerprint density at radius 1 is 0.277 bits per heavy atom. The zero-order valence-corrected chi connectivity index (χ0v) is 32.1. The molecule has 0 spiro atoms. The Hall–Kier alpha value is -2.75. The molecule has 0 atom stereocenters. The van der Waals surface area contributed by atoms with E-state index in [1.807, 2.05) is 0 Å². The molecule has 6 aromatic carbocycles. The Kier molecular flexibility index (Phi) is 16.6. The van der Waals surface area contributed by atoms with E-state index in [0.29, 0.717) is 0 Å². The average molecular weight is 738 g/mol. The van der Waals surface area contributed by atoms with Crippen LogP contribution < -0.4 is 56.6 Å². The van der Waals surface area contributed by atoms with Crippen LogP contribution in [-0.4, -0.2) is 0 Å². The van der Waals surface area contributed by atoms with Crippen molar-refractivity contribution in [2.75, 3.05) is 0 Å². The Balaban J connectivity index is 0.000000307. The molecule has 244 valence electrons. The number of rotatable bonds is 6. The van der Waals surface area contributed by atoms with Crippen molar-refractivity contribution >= 4 is 47.7 Å². The standard InChI is InChI=1S/2C21H21P.2ClH.Ni/c2*1-16-7-4-10-19(13-16)22(20-11-5-8-17(2)14-20)21-12-6-9-18(3)15-21;;;/h2*4-15H,1-3H3;2*1H;/q;;;;+2/p-2. The minimum Gasteiger partial charge on any atom is -1.00 e. The molecular formula is C42H42Cl2NiP2. The van der Waals surface area contributed by atoms with Crippen LogP contribution in [0.5, 0.6) is 0 Å². The molecule has 0 aliphatic carbocycles. The van der Waals surface area contributed by atoms with Crippen LogP contribution >= 0.6 is 15.8 Å². The van der Waals surface area contributed by atoms with Gasteiger partial charge in [0, 0.05) is 0 Å². The summed E-state index contributed by atoms with van der Waals surface area (Å²) in [5.74, 6) is 0. The summed E-state index contributed by atoms with van der Waals surface area (Å²) in [6.07, 6.45) is 0. The second-order valence-corrected chi connectivity index (χ2v) is 16.1. The van der Waals surface area contributed by atoms with Crippen LogP contribution in [0.4, 0.5) is 0 Å². The van der Waals surface area contributed by atoms with Crippen molar-refractivity contribution in [3.8, 4) is 0 Å². The van der Waals surface area contributed by atoms with E-state index in [2.05, 4.69) is 187 Å². The topological polar surface area (TPSA) is 0 Å². The van der Waals surface area contributed by atoms with Crippen molar-refractivity contribution in [3.63, 3.8) is 0 Å². The van der Waals surface area contributed by atoms with Gasteiger partial charge in [-0.15, -0.1) is 0 Å². The smallest absolute Gasteiger partial charge is 1.00 e. The maximum absolute atomic E-state index is 2.33. The first-order chi connectivity index (χ1) is 21.3. The predicted octanol–water partition coefficient (Wildman–Crippen LogP) is 2.75. The van der Waals surface area contributed by atoms with Crippen LogP contribution in [0, 0.1) is 41.5 Å². The minimum atomic E-state index is -0.495. The van der Waals surface area contributed by atoms with Gasteiger partial charge in [-0.2, -0.15) is 0 Å². The summed E-state index contributed by atoms with van der Waals surface area (Å²) in [6, 6.07) is 53.6. The largest absolute Gasteiger partial charge is 2.00 e. The predicted molar refractivity (Wildman–Crippen MR) is 199 cm³/mol. The van der Waals surface area contributed by atoms with Crippen molar-refractivity contribution in [2.45, 2.75) is 41.5 Å². The van der Waals surface area contributed by atoms with Gasteiger partial charge in [0.2, 0.25) is 0 Å².